The summed E-state index contributed by atoms with van der Waals surface area (Å²) in [5.41, 5.74) is 5.54. The number of ether oxygens (including phenoxy) is 1. The van der Waals surface area contributed by atoms with Crippen LogP contribution in [-0.4, -0.2) is 26.4 Å². The summed E-state index contributed by atoms with van der Waals surface area (Å²) in [4.78, 5) is 7.99. The van der Waals surface area contributed by atoms with Gasteiger partial charge in [0.15, 0.2) is 11.6 Å². The van der Waals surface area contributed by atoms with Crippen molar-refractivity contribution in [1.29, 1.82) is 0 Å². The van der Waals surface area contributed by atoms with Crippen LogP contribution in [0.2, 0.25) is 5.02 Å². The molecule has 0 aliphatic carbocycles. The lowest BCUT2D eigenvalue weighted by Crippen LogP contribution is -2.02. The summed E-state index contributed by atoms with van der Waals surface area (Å²) < 4.78 is 6.72. The van der Waals surface area contributed by atoms with Gasteiger partial charge in [-0.05, 0) is 6.92 Å². The molecule has 0 aliphatic rings. The fraction of sp³-hybridized carbons (Fsp3) is 0.222. The van der Waals surface area contributed by atoms with E-state index in [0.717, 1.165) is 0 Å². The summed E-state index contributed by atoms with van der Waals surface area (Å²) >= 11 is 5.80. The van der Waals surface area contributed by atoms with Crippen LogP contribution >= 0.6 is 11.6 Å². The predicted octanol–water partition coefficient (Wildman–Crippen LogP) is 1.30. The van der Waals surface area contributed by atoms with Crippen LogP contribution in [0.5, 0.6) is 5.88 Å². The highest BCUT2D eigenvalue weighted by atomic mass is 35.5. The molecular weight excluding hydrogens is 230 g/mol. The summed E-state index contributed by atoms with van der Waals surface area (Å²) in [6.07, 6.45) is 2.97. The van der Waals surface area contributed by atoms with Crippen LogP contribution in [0.15, 0.2) is 18.6 Å². The highest BCUT2D eigenvalue weighted by molar-refractivity contribution is 6.32. The Balaban J connectivity index is 2.36. The van der Waals surface area contributed by atoms with Gasteiger partial charge in [0.25, 0.3) is 0 Å². The van der Waals surface area contributed by atoms with Gasteiger partial charge >= 0.3 is 0 Å². The smallest absolute Gasteiger partial charge is 0.218 e. The second kappa shape index (κ2) is 4.36. The van der Waals surface area contributed by atoms with Crippen LogP contribution < -0.4 is 10.5 Å². The molecule has 0 saturated heterocycles. The Morgan fingerprint density at radius 1 is 1.50 bits per heavy atom. The monoisotopic (exact) mass is 239 g/mol. The number of halogens is 1. The van der Waals surface area contributed by atoms with Gasteiger partial charge < -0.3 is 10.5 Å². The average Bonchev–Trinajstić information content (AvgIpc) is 2.60. The number of nitrogens with zero attached hydrogens (tertiary/aromatic N) is 4. The number of rotatable bonds is 3. The second-order valence-corrected chi connectivity index (χ2v) is 3.36. The maximum absolute atomic E-state index is 5.80. The first-order valence-corrected chi connectivity index (χ1v) is 5.04. The lowest BCUT2D eigenvalue weighted by Gasteiger charge is -2.03. The van der Waals surface area contributed by atoms with Crippen molar-refractivity contribution in [2.24, 2.45) is 0 Å². The van der Waals surface area contributed by atoms with E-state index in [1.165, 1.54) is 11.0 Å². The van der Waals surface area contributed by atoms with E-state index in [0.29, 0.717) is 23.3 Å². The SMILES string of the molecule is CCOc1cc(-n2cc(Cl)c(N)n2)ncn1. The molecule has 0 atom stereocenters. The molecule has 0 aromatic carbocycles. The molecule has 2 N–H and O–H groups in total. The van der Waals surface area contributed by atoms with Gasteiger partial charge in [-0.25, -0.2) is 14.6 Å². The predicted molar refractivity (Wildman–Crippen MR) is 59.7 cm³/mol. The van der Waals surface area contributed by atoms with E-state index in [4.69, 9.17) is 22.1 Å². The molecule has 6 nitrogen and oxygen atoms in total. The van der Waals surface area contributed by atoms with Crippen LogP contribution in [0, 0.1) is 0 Å². The first-order chi connectivity index (χ1) is 7.70. The van der Waals surface area contributed by atoms with Crippen molar-refractivity contribution in [2.75, 3.05) is 12.3 Å². The van der Waals surface area contributed by atoms with Gasteiger partial charge in [0, 0.05) is 6.07 Å². The van der Waals surface area contributed by atoms with Gasteiger partial charge in [0.2, 0.25) is 5.88 Å². The molecule has 0 unspecified atom stereocenters. The van der Waals surface area contributed by atoms with Gasteiger partial charge in [-0.15, -0.1) is 5.10 Å². The Morgan fingerprint density at radius 3 is 2.94 bits per heavy atom. The van der Waals surface area contributed by atoms with Crippen molar-refractivity contribution >= 4 is 17.4 Å². The molecule has 0 saturated carbocycles. The number of nitrogens with two attached hydrogens (primary N) is 1. The van der Waals surface area contributed by atoms with Crippen molar-refractivity contribution in [3.05, 3.63) is 23.6 Å². The van der Waals surface area contributed by atoms with Crippen LogP contribution in [-0.2, 0) is 0 Å². The Bertz CT molecular complexity index is 479. The largest absolute Gasteiger partial charge is 0.478 e. The minimum Gasteiger partial charge on any atom is -0.478 e. The third-order valence-electron chi connectivity index (χ3n) is 1.85. The summed E-state index contributed by atoms with van der Waals surface area (Å²) in [7, 11) is 0. The van der Waals surface area contributed by atoms with Gasteiger partial charge in [0.05, 0.1) is 12.8 Å². The molecule has 0 fully saturated rings. The molecule has 7 heteroatoms. The van der Waals surface area contributed by atoms with E-state index < -0.39 is 0 Å². The van der Waals surface area contributed by atoms with E-state index in [2.05, 4.69) is 15.1 Å². The van der Waals surface area contributed by atoms with E-state index in [9.17, 15) is 0 Å². The topological polar surface area (TPSA) is 78.9 Å². The lowest BCUT2D eigenvalue weighted by atomic mass is 10.5. The lowest BCUT2D eigenvalue weighted by molar-refractivity contribution is 0.326. The minimum absolute atomic E-state index is 0.262. The van der Waals surface area contributed by atoms with Crippen molar-refractivity contribution in [3.63, 3.8) is 0 Å². The molecule has 2 heterocycles. The van der Waals surface area contributed by atoms with Crippen LogP contribution in [0.25, 0.3) is 5.82 Å². The van der Waals surface area contributed by atoms with E-state index in [1.807, 2.05) is 6.92 Å². The zero-order valence-corrected chi connectivity index (χ0v) is 9.35. The molecule has 2 rings (SSSR count). The third kappa shape index (κ3) is 2.06. The van der Waals surface area contributed by atoms with Crippen LogP contribution in [0.4, 0.5) is 5.82 Å². The molecule has 0 amide bonds. The molecule has 0 radical (unpaired) electrons. The zero-order valence-electron chi connectivity index (χ0n) is 8.59. The molecule has 16 heavy (non-hydrogen) atoms. The zero-order chi connectivity index (χ0) is 11.5. The molecule has 84 valence electrons. The van der Waals surface area contributed by atoms with Gasteiger partial charge in [-0.1, -0.05) is 11.6 Å². The van der Waals surface area contributed by atoms with Crippen molar-refractivity contribution in [2.45, 2.75) is 6.92 Å². The fourth-order valence-electron chi connectivity index (χ4n) is 1.17. The van der Waals surface area contributed by atoms with Crippen molar-refractivity contribution < 1.29 is 4.74 Å². The van der Waals surface area contributed by atoms with Crippen molar-refractivity contribution in [1.82, 2.24) is 19.7 Å². The Labute approximate surface area is 97.0 Å². The number of aromatic nitrogens is 4. The van der Waals surface area contributed by atoms with Crippen LogP contribution in [0.3, 0.4) is 0 Å². The van der Waals surface area contributed by atoms with Gasteiger partial charge in [-0.3, -0.25) is 0 Å². The third-order valence-corrected chi connectivity index (χ3v) is 2.14. The first kappa shape index (κ1) is 10.7. The molecule has 0 aliphatic heterocycles. The number of anilines is 1. The molecule has 0 bridgehead atoms. The number of hydrogen-bond acceptors (Lipinski definition) is 5. The van der Waals surface area contributed by atoms with E-state index >= 15 is 0 Å². The Hall–Kier alpha value is -1.82. The summed E-state index contributed by atoms with van der Waals surface area (Å²) in [6, 6.07) is 1.66. The van der Waals surface area contributed by atoms with Gasteiger partial charge in [0.1, 0.15) is 11.3 Å². The quantitative estimate of drug-likeness (QED) is 0.873. The highest BCUT2D eigenvalue weighted by Crippen LogP contribution is 2.18. The minimum atomic E-state index is 0.262. The number of hydrogen-bond donors (Lipinski definition) is 1. The molecule has 2 aromatic rings. The average molecular weight is 240 g/mol. The van der Waals surface area contributed by atoms with E-state index in [1.54, 1.807) is 12.3 Å². The number of nitrogen functional groups attached to an aromatic ring is 1. The van der Waals surface area contributed by atoms with Crippen molar-refractivity contribution in [3.8, 4) is 11.7 Å². The molecular formula is C9H10ClN5O. The van der Waals surface area contributed by atoms with E-state index in [-0.39, 0.29) is 5.82 Å². The normalized spacial score (nSPS) is 10.4. The molecule has 2 aromatic heterocycles. The Kier molecular flexibility index (Phi) is 2.91. The second-order valence-electron chi connectivity index (χ2n) is 2.95. The van der Waals surface area contributed by atoms with Crippen LogP contribution in [0.1, 0.15) is 6.92 Å². The fourth-order valence-corrected chi connectivity index (χ4v) is 1.30. The summed E-state index contributed by atoms with van der Waals surface area (Å²) in [5, 5.41) is 4.38. The Morgan fingerprint density at radius 2 is 2.31 bits per heavy atom. The first-order valence-electron chi connectivity index (χ1n) is 4.66. The molecule has 0 spiro atoms. The standard InChI is InChI=1S/C9H10ClN5O/c1-2-16-8-3-7(12-5-13-8)15-4-6(10)9(11)14-15/h3-5H,2H2,1H3,(H2,11,14). The van der Waals surface area contributed by atoms with Gasteiger partial charge in [-0.2, -0.15) is 0 Å². The summed E-state index contributed by atoms with van der Waals surface area (Å²) in [6.45, 7) is 2.42. The summed E-state index contributed by atoms with van der Waals surface area (Å²) in [5.74, 6) is 1.30. The highest BCUT2D eigenvalue weighted by Gasteiger charge is 2.06. The maximum Gasteiger partial charge on any atom is 0.218 e. The maximum atomic E-state index is 5.80.